The van der Waals surface area contributed by atoms with Crippen LogP contribution in [-0.2, 0) is 4.74 Å². The van der Waals surface area contributed by atoms with Gasteiger partial charge in [0.05, 0.1) is 30.8 Å². The summed E-state index contributed by atoms with van der Waals surface area (Å²) in [6, 6.07) is 13.5. The number of morpholine rings is 1. The Kier molecular flexibility index (Phi) is 5.42. The van der Waals surface area contributed by atoms with Gasteiger partial charge in [-0.05, 0) is 24.3 Å². The highest BCUT2D eigenvalue weighted by molar-refractivity contribution is 7.13. The normalized spacial score (nSPS) is 13.9. The van der Waals surface area contributed by atoms with E-state index in [9.17, 15) is 4.79 Å². The lowest BCUT2D eigenvalue weighted by Crippen LogP contribution is -2.37. The minimum atomic E-state index is -0.263. The highest BCUT2D eigenvalue weighted by Crippen LogP contribution is 2.27. The number of anilines is 2. The Balaban J connectivity index is 1.33. The van der Waals surface area contributed by atoms with Crippen LogP contribution in [-0.4, -0.2) is 52.0 Å². The van der Waals surface area contributed by atoms with Crippen molar-refractivity contribution in [2.75, 3.05) is 36.5 Å². The number of amides is 1. The SMILES string of the molecule is O=C(Nc1cccnc1N1CCOCC1)c1csc(-c2cnn(-c3ccccc3)c2)n1. The summed E-state index contributed by atoms with van der Waals surface area (Å²) in [5.41, 5.74) is 2.86. The van der Waals surface area contributed by atoms with Gasteiger partial charge in [0.15, 0.2) is 5.82 Å². The van der Waals surface area contributed by atoms with Gasteiger partial charge in [0.1, 0.15) is 10.7 Å². The molecule has 0 atom stereocenters. The van der Waals surface area contributed by atoms with Crippen LogP contribution in [0.25, 0.3) is 16.3 Å². The number of hydrogen-bond acceptors (Lipinski definition) is 7. The topological polar surface area (TPSA) is 85.2 Å². The van der Waals surface area contributed by atoms with E-state index < -0.39 is 0 Å². The number of pyridine rings is 1. The van der Waals surface area contributed by atoms with Gasteiger partial charge in [-0.1, -0.05) is 18.2 Å². The number of hydrogen-bond donors (Lipinski definition) is 1. The predicted octanol–water partition coefficient (Wildman–Crippen LogP) is 3.48. The zero-order valence-electron chi connectivity index (χ0n) is 16.6. The van der Waals surface area contributed by atoms with Crippen LogP contribution in [0.4, 0.5) is 11.5 Å². The van der Waals surface area contributed by atoms with Crippen LogP contribution in [0.1, 0.15) is 10.5 Å². The molecule has 156 valence electrons. The van der Waals surface area contributed by atoms with Crippen LogP contribution >= 0.6 is 11.3 Å². The molecule has 1 aliphatic heterocycles. The van der Waals surface area contributed by atoms with Gasteiger partial charge >= 0.3 is 0 Å². The first-order valence-electron chi connectivity index (χ1n) is 9.93. The zero-order chi connectivity index (χ0) is 21.0. The Morgan fingerprint density at radius 1 is 1.10 bits per heavy atom. The first-order valence-corrected chi connectivity index (χ1v) is 10.8. The molecular formula is C22H20N6O2S. The van der Waals surface area contributed by atoms with E-state index in [0.717, 1.165) is 35.2 Å². The van der Waals surface area contributed by atoms with Crippen LogP contribution in [0, 0.1) is 0 Å². The summed E-state index contributed by atoms with van der Waals surface area (Å²) in [5, 5.41) is 9.87. The number of ether oxygens (including phenoxy) is 1. The molecule has 1 fully saturated rings. The van der Waals surface area contributed by atoms with Gasteiger partial charge in [0.25, 0.3) is 5.91 Å². The smallest absolute Gasteiger partial charge is 0.275 e. The van der Waals surface area contributed by atoms with E-state index >= 15 is 0 Å². The van der Waals surface area contributed by atoms with Crippen molar-refractivity contribution in [3.63, 3.8) is 0 Å². The molecule has 4 heterocycles. The molecule has 3 aromatic heterocycles. The number of aromatic nitrogens is 4. The summed E-state index contributed by atoms with van der Waals surface area (Å²) in [7, 11) is 0. The number of para-hydroxylation sites is 1. The average molecular weight is 433 g/mol. The number of rotatable bonds is 5. The third-order valence-electron chi connectivity index (χ3n) is 4.93. The van der Waals surface area contributed by atoms with Crippen molar-refractivity contribution >= 4 is 28.7 Å². The molecule has 4 aromatic rings. The molecule has 5 rings (SSSR count). The van der Waals surface area contributed by atoms with Crippen molar-refractivity contribution in [1.29, 1.82) is 0 Å². The summed E-state index contributed by atoms with van der Waals surface area (Å²) in [6.45, 7) is 2.78. The third-order valence-corrected chi connectivity index (χ3v) is 5.82. The van der Waals surface area contributed by atoms with Crippen molar-refractivity contribution < 1.29 is 9.53 Å². The second-order valence-electron chi connectivity index (χ2n) is 6.98. The maximum atomic E-state index is 12.9. The van der Waals surface area contributed by atoms with E-state index in [1.54, 1.807) is 22.5 Å². The molecule has 1 amide bonds. The molecule has 1 aromatic carbocycles. The van der Waals surface area contributed by atoms with Crippen LogP contribution in [0.2, 0.25) is 0 Å². The highest BCUT2D eigenvalue weighted by atomic mass is 32.1. The summed E-state index contributed by atoms with van der Waals surface area (Å²) in [4.78, 5) is 24.0. The second kappa shape index (κ2) is 8.66. The van der Waals surface area contributed by atoms with Crippen molar-refractivity contribution in [2.45, 2.75) is 0 Å². The molecule has 0 radical (unpaired) electrons. The molecule has 0 saturated carbocycles. The van der Waals surface area contributed by atoms with E-state index in [0.29, 0.717) is 24.6 Å². The molecule has 9 heteroatoms. The Bertz CT molecular complexity index is 1180. The fraction of sp³-hybridized carbons (Fsp3) is 0.182. The lowest BCUT2D eigenvalue weighted by atomic mass is 10.3. The summed E-state index contributed by atoms with van der Waals surface area (Å²) >= 11 is 1.41. The van der Waals surface area contributed by atoms with Gasteiger partial charge in [-0.25, -0.2) is 14.6 Å². The quantitative estimate of drug-likeness (QED) is 0.520. The molecule has 0 unspecified atom stereocenters. The number of nitrogens with zero attached hydrogens (tertiary/aromatic N) is 5. The third kappa shape index (κ3) is 4.18. The lowest BCUT2D eigenvalue weighted by Gasteiger charge is -2.29. The fourth-order valence-corrected chi connectivity index (χ4v) is 4.15. The monoisotopic (exact) mass is 432 g/mol. The summed E-state index contributed by atoms with van der Waals surface area (Å²) < 4.78 is 7.21. The lowest BCUT2D eigenvalue weighted by molar-refractivity contribution is 0.102. The first-order chi connectivity index (χ1) is 15.3. The molecule has 1 aliphatic rings. The molecule has 1 N–H and O–H groups in total. The van der Waals surface area contributed by atoms with Crippen molar-refractivity contribution in [3.8, 4) is 16.3 Å². The highest BCUT2D eigenvalue weighted by Gasteiger charge is 2.19. The molecule has 31 heavy (non-hydrogen) atoms. The van der Waals surface area contributed by atoms with Gasteiger partial charge in [-0.15, -0.1) is 11.3 Å². The van der Waals surface area contributed by atoms with Crippen LogP contribution < -0.4 is 10.2 Å². The number of thiazole rings is 1. The maximum absolute atomic E-state index is 12.9. The van der Waals surface area contributed by atoms with E-state index in [1.165, 1.54) is 11.3 Å². The van der Waals surface area contributed by atoms with E-state index in [2.05, 4.69) is 25.3 Å². The number of carbonyl (C=O) groups is 1. The molecular weight excluding hydrogens is 412 g/mol. The first kappa shape index (κ1) is 19.4. The van der Waals surface area contributed by atoms with Gasteiger partial charge < -0.3 is 15.0 Å². The molecule has 0 bridgehead atoms. The molecule has 0 aliphatic carbocycles. The number of benzene rings is 1. The van der Waals surface area contributed by atoms with E-state index in [-0.39, 0.29) is 5.91 Å². The largest absolute Gasteiger partial charge is 0.378 e. The van der Waals surface area contributed by atoms with Gasteiger partial charge in [0, 0.05) is 36.4 Å². The Hall–Kier alpha value is -3.56. The van der Waals surface area contributed by atoms with E-state index in [1.807, 2.05) is 48.7 Å². The Labute approximate surface area is 183 Å². The summed E-state index contributed by atoms with van der Waals surface area (Å²) in [6.07, 6.45) is 5.39. The predicted molar refractivity (Wildman–Crippen MR) is 120 cm³/mol. The zero-order valence-corrected chi connectivity index (χ0v) is 17.5. The van der Waals surface area contributed by atoms with Crippen LogP contribution in [0.3, 0.4) is 0 Å². The maximum Gasteiger partial charge on any atom is 0.275 e. The Morgan fingerprint density at radius 2 is 1.94 bits per heavy atom. The van der Waals surface area contributed by atoms with Crippen LogP contribution in [0.15, 0.2) is 66.4 Å². The molecule has 1 saturated heterocycles. The van der Waals surface area contributed by atoms with Crippen molar-refractivity contribution in [3.05, 3.63) is 72.1 Å². The molecule has 0 spiro atoms. The fourth-order valence-electron chi connectivity index (χ4n) is 3.37. The van der Waals surface area contributed by atoms with Crippen LogP contribution in [0.5, 0.6) is 0 Å². The number of carbonyl (C=O) groups excluding carboxylic acids is 1. The minimum absolute atomic E-state index is 0.263. The van der Waals surface area contributed by atoms with Crippen molar-refractivity contribution in [1.82, 2.24) is 19.7 Å². The number of nitrogens with one attached hydrogen (secondary N) is 1. The standard InChI is InChI=1S/C22H20N6O2S/c29-21(25-18-7-4-8-23-20(18)27-9-11-30-12-10-27)19-15-31-22(26-19)16-13-24-28(14-16)17-5-2-1-3-6-17/h1-8,13-15H,9-12H2,(H,25,29). The minimum Gasteiger partial charge on any atom is -0.378 e. The second-order valence-corrected chi connectivity index (χ2v) is 7.83. The van der Waals surface area contributed by atoms with E-state index in [4.69, 9.17) is 4.74 Å². The van der Waals surface area contributed by atoms with Gasteiger partial charge in [-0.2, -0.15) is 5.10 Å². The van der Waals surface area contributed by atoms with Crippen molar-refractivity contribution in [2.24, 2.45) is 0 Å². The molecule has 8 nitrogen and oxygen atoms in total. The van der Waals surface area contributed by atoms with Gasteiger partial charge in [-0.3, -0.25) is 4.79 Å². The average Bonchev–Trinajstić information content (AvgIpc) is 3.51. The summed E-state index contributed by atoms with van der Waals surface area (Å²) in [5.74, 6) is 0.485. The Morgan fingerprint density at radius 3 is 2.77 bits per heavy atom. The van der Waals surface area contributed by atoms with Gasteiger partial charge in [0.2, 0.25) is 0 Å².